The van der Waals surface area contributed by atoms with Gasteiger partial charge in [-0.05, 0) is 29.8 Å². The number of hydrogen-bond donors (Lipinski definition) is 2. The van der Waals surface area contributed by atoms with Gasteiger partial charge in [0.1, 0.15) is 0 Å². The third-order valence-corrected chi connectivity index (χ3v) is 2.13. The molecule has 3 N–H and O–H groups in total. The Morgan fingerprint density at radius 3 is 2.67 bits per heavy atom. The summed E-state index contributed by atoms with van der Waals surface area (Å²) in [6, 6.07) is 11.7. The Morgan fingerprint density at radius 2 is 1.93 bits per heavy atom. The van der Waals surface area contributed by atoms with Crippen LogP contribution in [0, 0.1) is 0 Å². The van der Waals surface area contributed by atoms with Crippen LogP contribution in [0.5, 0.6) is 0 Å². The number of nitrogens with one attached hydrogen (secondary N) is 1. The Hall–Kier alpha value is -2.03. The molecule has 0 unspecified atom stereocenters. The molecule has 0 aliphatic carbocycles. The van der Waals surface area contributed by atoms with Gasteiger partial charge in [-0.15, -0.1) is 0 Å². The van der Waals surface area contributed by atoms with Gasteiger partial charge in [0.25, 0.3) is 0 Å². The van der Waals surface area contributed by atoms with E-state index in [1.165, 1.54) is 5.56 Å². The first-order valence-corrected chi connectivity index (χ1v) is 4.83. The zero-order chi connectivity index (χ0) is 10.5. The average Bonchev–Trinajstić information content (AvgIpc) is 2.28. The number of nitrogens with zero attached hydrogens (tertiary/aromatic N) is 1. The SMILES string of the molecule is Nc1cccc(CNc2ccncc2)c1. The van der Waals surface area contributed by atoms with E-state index in [9.17, 15) is 0 Å². The molecular weight excluding hydrogens is 186 g/mol. The molecule has 0 amide bonds. The van der Waals surface area contributed by atoms with Gasteiger partial charge >= 0.3 is 0 Å². The fourth-order valence-electron chi connectivity index (χ4n) is 1.38. The second-order valence-electron chi connectivity index (χ2n) is 3.33. The van der Waals surface area contributed by atoms with Crippen molar-refractivity contribution >= 4 is 11.4 Å². The van der Waals surface area contributed by atoms with Crippen LogP contribution in [-0.4, -0.2) is 4.98 Å². The van der Waals surface area contributed by atoms with E-state index in [4.69, 9.17) is 5.73 Å². The number of hydrogen-bond acceptors (Lipinski definition) is 3. The van der Waals surface area contributed by atoms with Gasteiger partial charge in [-0.2, -0.15) is 0 Å². The minimum Gasteiger partial charge on any atom is -0.399 e. The Labute approximate surface area is 89.0 Å². The highest BCUT2D eigenvalue weighted by Crippen LogP contribution is 2.10. The third kappa shape index (κ3) is 2.71. The highest BCUT2D eigenvalue weighted by atomic mass is 14.9. The van der Waals surface area contributed by atoms with Gasteiger partial charge in [0, 0.05) is 30.3 Å². The molecule has 0 bridgehead atoms. The molecule has 0 saturated carbocycles. The second kappa shape index (κ2) is 4.46. The predicted molar refractivity (Wildman–Crippen MR) is 62.4 cm³/mol. The van der Waals surface area contributed by atoms with Gasteiger partial charge < -0.3 is 11.1 Å². The molecule has 0 saturated heterocycles. The number of aromatic nitrogens is 1. The van der Waals surface area contributed by atoms with Crippen LogP contribution in [0.3, 0.4) is 0 Å². The fourth-order valence-corrected chi connectivity index (χ4v) is 1.38. The van der Waals surface area contributed by atoms with E-state index in [1.807, 2.05) is 36.4 Å². The zero-order valence-electron chi connectivity index (χ0n) is 8.35. The van der Waals surface area contributed by atoms with Crippen LogP contribution >= 0.6 is 0 Å². The van der Waals surface area contributed by atoms with E-state index < -0.39 is 0 Å². The largest absolute Gasteiger partial charge is 0.399 e. The first-order chi connectivity index (χ1) is 7.34. The molecule has 76 valence electrons. The fraction of sp³-hybridized carbons (Fsp3) is 0.0833. The lowest BCUT2D eigenvalue weighted by Gasteiger charge is -2.06. The van der Waals surface area contributed by atoms with Crippen molar-refractivity contribution in [2.75, 3.05) is 11.1 Å². The lowest BCUT2D eigenvalue weighted by molar-refractivity contribution is 1.14. The van der Waals surface area contributed by atoms with Gasteiger partial charge in [0.15, 0.2) is 0 Å². The Morgan fingerprint density at radius 1 is 1.13 bits per heavy atom. The summed E-state index contributed by atoms with van der Waals surface area (Å²) in [7, 11) is 0. The highest BCUT2D eigenvalue weighted by molar-refractivity contribution is 5.44. The van der Waals surface area contributed by atoms with Crippen LogP contribution in [0.15, 0.2) is 48.8 Å². The van der Waals surface area contributed by atoms with Crippen LogP contribution < -0.4 is 11.1 Å². The van der Waals surface area contributed by atoms with E-state index in [1.54, 1.807) is 12.4 Å². The number of nitrogen functional groups attached to an aromatic ring is 1. The van der Waals surface area contributed by atoms with E-state index in [2.05, 4.69) is 10.3 Å². The summed E-state index contributed by atoms with van der Waals surface area (Å²) < 4.78 is 0. The van der Waals surface area contributed by atoms with Crippen molar-refractivity contribution in [1.82, 2.24) is 4.98 Å². The molecule has 2 aromatic rings. The summed E-state index contributed by atoms with van der Waals surface area (Å²) in [5, 5.41) is 3.29. The molecule has 0 spiro atoms. The van der Waals surface area contributed by atoms with Gasteiger partial charge in [0.05, 0.1) is 0 Å². The zero-order valence-corrected chi connectivity index (χ0v) is 8.35. The standard InChI is InChI=1S/C12H13N3/c13-11-3-1-2-10(8-11)9-15-12-4-6-14-7-5-12/h1-8H,9,13H2,(H,14,15). The second-order valence-corrected chi connectivity index (χ2v) is 3.33. The molecule has 15 heavy (non-hydrogen) atoms. The molecule has 0 aliphatic heterocycles. The van der Waals surface area contributed by atoms with Gasteiger partial charge in [0.2, 0.25) is 0 Å². The molecule has 0 atom stereocenters. The van der Waals surface area contributed by atoms with E-state index >= 15 is 0 Å². The van der Waals surface area contributed by atoms with Crippen molar-refractivity contribution in [3.05, 3.63) is 54.4 Å². The lowest BCUT2D eigenvalue weighted by atomic mass is 10.2. The Bertz CT molecular complexity index is 426. The maximum Gasteiger partial charge on any atom is 0.0401 e. The summed E-state index contributed by atoms with van der Waals surface area (Å²) in [5.41, 5.74) is 8.72. The predicted octanol–water partition coefficient (Wildman–Crippen LogP) is 2.28. The summed E-state index contributed by atoms with van der Waals surface area (Å²) >= 11 is 0. The topological polar surface area (TPSA) is 50.9 Å². The number of anilines is 2. The van der Waals surface area contributed by atoms with E-state index in [0.717, 1.165) is 17.9 Å². The van der Waals surface area contributed by atoms with Crippen LogP contribution in [-0.2, 0) is 6.54 Å². The molecule has 0 fully saturated rings. The quantitative estimate of drug-likeness (QED) is 0.745. The molecule has 0 radical (unpaired) electrons. The monoisotopic (exact) mass is 199 g/mol. The minimum atomic E-state index is 0.773. The van der Waals surface area contributed by atoms with E-state index in [-0.39, 0.29) is 0 Å². The maximum atomic E-state index is 5.69. The van der Waals surface area contributed by atoms with Crippen LogP contribution in [0.25, 0.3) is 0 Å². The molecule has 1 heterocycles. The van der Waals surface area contributed by atoms with Crippen LogP contribution in [0.2, 0.25) is 0 Å². The first kappa shape index (κ1) is 9.52. The summed E-state index contributed by atoms with van der Waals surface area (Å²) in [6.07, 6.45) is 3.53. The van der Waals surface area contributed by atoms with Crippen LogP contribution in [0.1, 0.15) is 5.56 Å². The molecular formula is C12H13N3. The Kier molecular flexibility index (Phi) is 2.83. The molecule has 2 rings (SSSR count). The van der Waals surface area contributed by atoms with Crippen molar-refractivity contribution in [3.63, 3.8) is 0 Å². The minimum absolute atomic E-state index is 0.773. The highest BCUT2D eigenvalue weighted by Gasteiger charge is 1.93. The maximum absolute atomic E-state index is 5.69. The number of nitrogens with two attached hydrogens (primary N) is 1. The van der Waals surface area contributed by atoms with Gasteiger partial charge in [-0.1, -0.05) is 12.1 Å². The molecule has 3 heteroatoms. The number of rotatable bonds is 3. The lowest BCUT2D eigenvalue weighted by Crippen LogP contribution is -1.99. The third-order valence-electron chi connectivity index (χ3n) is 2.13. The first-order valence-electron chi connectivity index (χ1n) is 4.83. The van der Waals surface area contributed by atoms with Crippen molar-refractivity contribution in [3.8, 4) is 0 Å². The van der Waals surface area contributed by atoms with Gasteiger partial charge in [-0.25, -0.2) is 0 Å². The Balaban J connectivity index is 1.99. The molecule has 1 aromatic heterocycles. The summed E-state index contributed by atoms with van der Waals surface area (Å²) in [6.45, 7) is 0.773. The molecule has 1 aromatic carbocycles. The van der Waals surface area contributed by atoms with Crippen molar-refractivity contribution < 1.29 is 0 Å². The normalized spacial score (nSPS) is 9.87. The van der Waals surface area contributed by atoms with Crippen molar-refractivity contribution in [1.29, 1.82) is 0 Å². The number of pyridine rings is 1. The molecule has 3 nitrogen and oxygen atoms in total. The smallest absolute Gasteiger partial charge is 0.0401 e. The van der Waals surface area contributed by atoms with E-state index in [0.29, 0.717) is 0 Å². The summed E-state index contributed by atoms with van der Waals surface area (Å²) in [4.78, 5) is 3.95. The van der Waals surface area contributed by atoms with Gasteiger partial charge in [-0.3, -0.25) is 4.98 Å². The molecule has 0 aliphatic rings. The average molecular weight is 199 g/mol. The summed E-state index contributed by atoms with van der Waals surface area (Å²) in [5.74, 6) is 0. The van der Waals surface area contributed by atoms with Crippen molar-refractivity contribution in [2.45, 2.75) is 6.54 Å². The van der Waals surface area contributed by atoms with Crippen molar-refractivity contribution in [2.24, 2.45) is 0 Å². The van der Waals surface area contributed by atoms with Crippen LogP contribution in [0.4, 0.5) is 11.4 Å². The number of benzene rings is 1.